The first-order chi connectivity index (χ1) is 5.40. The summed E-state index contributed by atoms with van der Waals surface area (Å²) in [5.74, 6) is 0.752. The van der Waals surface area contributed by atoms with E-state index in [1.165, 1.54) is 18.5 Å². The Labute approximate surface area is 66.0 Å². The minimum Gasteiger partial charge on any atom is -0.480 e. The molecule has 1 aromatic rings. The quantitative estimate of drug-likeness (QED) is 0.605. The van der Waals surface area contributed by atoms with Crippen molar-refractivity contribution in [1.29, 1.82) is 0 Å². The molecule has 0 radical (unpaired) electrons. The van der Waals surface area contributed by atoms with Gasteiger partial charge in [-0.15, -0.1) is 5.10 Å². The maximum atomic E-state index is 5.04. The summed E-state index contributed by atoms with van der Waals surface area (Å²) < 4.78 is 7.08. The Kier molecular flexibility index (Phi) is 1.56. The van der Waals surface area contributed by atoms with Crippen LogP contribution in [0.2, 0.25) is 0 Å². The summed E-state index contributed by atoms with van der Waals surface area (Å²) in [6.07, 6.45) is 3.68. The zero-order valence-corrected chi connectivity index (χ0v) is 6.71. The Hall–Kier alpha value is -0.990. The van der Waals surface area contributed by atoms with E-state index < -0.39 is 0 Å². The van der Waals surface area contributed by atoms with Crippen molar-refractivity contribution in [3.8, 4) is 5.88 Å². The van der Waals surface area contributed by atoms with Crippen LogP contribution in [0.4, 0.5) is 0 Å². The third-order valence-corrected chi connectivity index (χ3v) is 2.10. The molecule has 1 aromatic heterocycles. The summed E-state index contributed by atoms with van der Waals surface area (Å²) in [5.41, 5.74) is 1.31. The van der Waals surface area contributed by atoms with Crippen molar-refractivity contribution < 1.29 is 4.74 Å². The summed E-state index contributed by atoms with van der Waals surface area (Å²) in [5, 5.41) is 4.26. The van der Waals surface area contributed by atoms with Crippen molar-refractivity contribution in [2.24, 2.45) is 0 Å². The largest absolute Gasteiger partial charge is 0.480 e. The molecule has 0 fully saturated rings. The van der Waals surface area contributed by atoms with E-state index in [1.807, 2.05) is 10.7 Å². The van der Waals surface area contributed by atoms with Crippen LogP contribution in [0.5, 0.6) is 5.88 Å². The number of ether oxygens (including phenoxy) is 1. The number of aromatic nitrogens is 2. The number of hydrogen-bond donors (Lipinski definition) is 0. The molecule has 0 aromatic carbocycles. The topological polar surface area (TPSA) is 27.1 Å². The lowest BCUT2D eigenvalue weighted by Gasteiger charge is -2.11. The minimum absolute atomic E-state index is 0.752. The highest BCUT2D eigenvalue weighted by molar-refractivity contribution is 5.16. The van der Waals surface area contributed by atoms with E-state index in [0.717, 1.165) is 18.8 Å². The average molecular weight is 152 g/mol. The smallest absolute Gasteiger partial charge is 0.232 e. The van der Waals surface area contributed by atoms with E-state index in [2.05, 4.69) is 5.10 Å². The van der Waals surface area contributed by atoms with Gasteiger partial charge in [-0.1, -0.05) is 0 Å². The van der Waals surface area contributed by atoms with Crippen LogP contribution >= 0.6 is 0 Å². The lowest BCUT2D eigenvalue weighted by Crippen LogP contribution is -2.10. The van der Waals surface area contributed by atoms with Gasteiger partial charge in [0.2, 0.25) is 5.88 Å². The minimum atomic E-state index is 0.752. The van der Waals surface area contributed by atoms with E-state index >= 15 is 0 Å². The van der Waals surface area contributed by atoms with Crippen LogP contribution in [0.1, 0.15) is 18.5 Å². The van der Waals surface area contributed by atoms with Gasteiger partial charge in [-0.25, -0.2) is 0 Å². The first kappa shape index (κ1) is 6.70. The molecule has 11 heavy (non-hydrogen) atoms. The summed E-state index contributed by atoms with van der Waals surface area (Å²) in [6.45, 7) is 1.05. The molecule has 0 spiro atoms. The van der Waals surface area contributed by atoms with Crippen LogP contribution in [0.3, 0.4) is 0 Å². The molecule has 0 saturated heterocycles. The molecular weight excluding hydrogens is 140 g/mol. The summed E-state index contributed by atoms with van der Waals surface area (Å²) in [4.78, 5) is 0. The van der Waals surface area contributed by atoms with Crippen molar-refractivity contribution in [2.45, 2.75) is 25.8 Å². The molecule has 0 N–H and O–H groups in total. The van der Waals surface area contributed by atoms with Crippen molar-refractivity contribution in [2.75, 3.05) is 7.11 Å². The predicted molar refractivity (Wildman–Crippen MR) is 41.7 cm³/mol. The Morgan fingerprint density at radius 2 is 2.45 bits per heavy atom. The molecular formula is C8H12N2O. The average Bonchev–Trinajstić information content (AvgIpc) is 2.46. The van der Waals surface area contributed by atoms with Crippen LogP contribution in [-0.4, -0.2) is 16.9 Å². The number of hydrogen-bond acceptors (Lipinski definition) is 2. The van der Waals surface area contributed by atoms with E-state index in [-0.39, 0.29) is 0 Å². The monoisotopic (exact) mass is 152 g/mol. The third kappa shape index (κ3) is 1.11. The van der Waals surface area contributed by atoms with Crippen molar-refractivity contribution >= 4 is 0 Å². The molecule has 3 heteroatoms. The first-order valence-corrected chi connectivity index (χ1v) is 4.01. The van der Waals surface area contributed by atoms with Gasteiger partial charge < -0.3 is 4.74 Å². The molecule has 0 aliphatic carbocycles. The zero-order chi connectivity index (χ0) is 7.68. The first-order valence-electron chi connectivity index (χ1n) is 4.01. The molecule has 3 nitrogen and oxygen atoms in total. The highest BCUT2D eigenvalue weighted by Crippen LogP contribution is 2.18. The van der Waals surface area contributed by atoms with Gasteiger partial charge >= 0.3 is 0 Å². The highest BCUT2D eigenvalue weighted by atomic mass is 16.5. The normalized spacial score (nSPS) is 16.1. The number of fused-ring (bicyclic) bond motifs is 1. The molecule has 0 unspecified atom stereocenters. The van der Waals surface area contributed by atoms with Gasteiger partial charge in [0.1, 0.15) is 0 Å². The molecule has 0 amide bonds. The van der Waals surface area contributed by atoms with Crippen LogP contribution < -0.4 is 4.74 Å². The Morgan fingerprint density at radius 1 is 1.55 bits per heavy atom. The SMILES string of the molecule is COc1cc2n(n1)CCCC2. The maximum absolute atomic E-state index is 5.04. The van der Waals surface area contributed by atoms with E-state index in [1.54, 1.807) is 7.11 Å². The second kappa shape index (κ2) is 2.57. The fraction of sp³-hybridized carbons (Fsp3) is 0.625. The molecule has 2 rings (SSSR count). The number of methoxy groups -OCH3 is 1. The summed E-state index contributed by atoms with van der Waals surface area (Å²) >= 11 is 0. The number of nitrogens with zero attached hydrogens (tertiary/aromatic N) is 2. The van der Waals surface area contributed by atoms with Gasteiger partial charge in [0.05, 0.1) is 7.11 Å². The van der Waals surface area contributed by atoms with Gasteiger partial charge in [-0.3, -0.25) is 4.68 Å². The van der Waals surface area contributed by atoms with Gasteiger partial charge in [0.25, 0.3) is 0 Å². The lowest BCUT2D eigenvalue weighted by atomic mass is 10.1. The third-order valence-electron chi connectivity index (χ3n) is 2.10. The second-order valence-electron chi connectivity index (χ2n) is 2.86. The number of aryl methyl sites for hydroxylation is 2. The van der Waals surface area contributed by atoms with Crippen molar-refractivity contribution in [3.05, 3.63) is 11.8 Å². The van der Waals surface area contributed by atoms with Gasteiger partial charge in [-0.05, 0) is 19.3 Å². The standard InChI is InChI=1S/C8H12N2O/c1-11-8-6-7-4-2-3-5-10(7)9-8/h6H,2-5H2,1H3. The van der Waals surface area contributed by atoms with Gasteiger partial charge in [-0.2, -0.15) is 0 Å². The molecule has 2 heterocycles. The number of rotatable bonds is 1. The molecule has 0 atom stereocenters. The second-order valence-corrected chi connectivity index (χ2v) is 2.86. The lowest BCUT2D eigenvalue weighted by molar-refractivity contribution is 0.383. The van der Waals surface area contributed by atoms with Crippen LogP contribution in [0.25, 0.3) is 0 Å². The Morgan fingerprint density at radius 3 is 3.18 bits per heavy atom. The van der Waals surface area contributed by atoms with Crippen molar-refractivity contribution in [1.82, 2.24) is 9.78 Å². The Balaban J connectivity index is 2.32. The molecule has 1 aliphatic heterocycles. The van der Waals surface area contributed by atoms with Gasteiger partial charge in [0, 0.05) is 18.3 Å². The molecule has 0 bridgehead atoms. The van der Waals surface area contributed by atoms with E-state index in [0.29, 0.717) is 0 Å². The highest BCUT2D eigenvalue weighted by Gasteiger charge is 2.11. The van der Waals surface area contributed by atoms with Crippen LogP contribution in [-0.2, 0) is 13.0 Å². The molecule has 0 saturated carbocycles. The Bertz CT molecular complexity index is 231. The van der Waals surface area contributed by atoms with Crippen LogP contribution in [0, 0.1) is 0 Å². The maximum Gasteiger partial charge on any atom is 0.232 e. The predicted octanol–water partition coefficient (Wildman–Crippen LogP) is 1.23. The fourth-order valence-electron chi connectivity index (χ4n) is 1.49. The summed E-state index contributed by atoms with van der Waals surface area (Å²) in [6, 6.07) is 2.03. The van der Waals surface area contributed by atoms with E-state index in [4.69, 9.17) is 4.74 Å². The molecule has 1 aliphatic rings. The van der Waals surface area contributed by atoms with Crippen molar-refractivity contribution in [3.63, 3.8) is 0 Å². The van der Waals surface area contributed by atoms with Gasteiger partial charge in [0.15, 0.2) is 0 Å². The van der Waals surface area contributed by atoms with Crippen LogP contribution in [0.15, 0.2) is 6.07 Å². The fourth-order valence-corrected chi connectivity index (χ4v) is 1.49. The van der Waals surface area contributed by atoms with E-state index in [9.17, 15) is 0 Å². The molecule has 60 valence electrons. The zero-order valence-electron chi connectivity index (χ0n) is 6.71. The summed E-state index contributed by atoms with van der Waals surface area (Å²) in [7, 11) is 1.66.